The van der Waals surface area contributed by atoms with E-state index in [1.165, 1.54) is 6.42 Å². The normalized spacial score (nSPS) is 39.5. The molecule has 1 rings (SSSR count). The molecule has 1 fully saturated rings. The Kier molecular flexibility index (Phi) is 3.06. The van der Waals surface area contributed by atoms with Crippen LogP contribution in [-0.4, -0.2) is 12.2 Å². The quantitative estimate of drug-likeness (QED) is 0.606. The van der Waals surface area contributed by atoms with Gasteiger partial charge in [0.2, 0.25) is 0 Å². The summed E-state index contributed by atoms with van der Waals surface area (Å²) in [6.07, 6.45) is 2.08. The van der Waals surface area contributed by atoms with Gasteiger partial charge in [-0.2, -0.15) is 0 Å². The van der Waals surface area contributed by atoms with Gasteiger partial charge in [-0.05, 0) is 30.6 Å². The summed E-state index contributed by atoms with van der Waals surface area (Å²) in [7, 11) is 0. The number of hydrogen-bond acceptors (Lipinski definition) is 1. The molecule has 1 aliphatic rings. The topological polar surface area (TPSA) is 9.23 Å². The van der Waals surface area contributed by atoms with Crippen LogP contribution in [0, 0.1) is 17.3 Å². The zero-order valence-corrected chi connectivity index (χ0v) is 9.92. The maximum atomic E-state index is 6.00. The summed E-state index contributed by atoms with van der Waals surface area (Å²) in [4.78, 5) is 0. The van der Waals surface area contributed by atoms with Gasteiger partial charge in [0.1, 0.15) is 0 Å². The molecule has 0 bridgehead atoms. The molecule has 13 heavy (non-hydrogen) atoms. The fraction of sp³-hybridized carbons (Fsp3) is 1.00. The molecule has 1 saturated heterocycles. The van der Waals surface area contributed by atoms with Crippen LogP contribution in [-0.2, 0) is 4.74 Å². The minimum Gasteiger partial charge on any atom is -0.375 e. The Hall–Kier alpha value is -0.0400. The molecule has 78 valence electrons. The fourth-order valence-electron chi connectivity index (χ4n) is 2.17. The Morgan fingerprint density at radius 2 is 1.77 bits per heavy atom. The predicted molar refractivity (Wildman–Crippen MR) is 56.7 cm³/mol. The van der Waals surface area contributed by atoms with Crippen molar-refractivity contribution in [3.63, 3.8) is 0 Å². The fourth-order valence-corrected chi connectivity index (χ4v) is 2.17. The van der Waals surface area contributed by atoms with E-state index < -0.39 is 0 Å². The van der Waals surface area contributed by atoms with E-state index in [1.54, 1.807) is 0 Å². The largest absolute Gasteiger partial charge is 0.375 e. The van der Waals surface area contributed by atoms with Crippen LogP contribution in [0.1, 0.15) is 48.0 Å². The van der Waals surface area contributed by atoms with Gasteiger partial charge in [0.15, 0.2) is 0 Å². The smallest absolute Gasteiger partial charge is 0.0607 e. The minimum absolute atomic E-state index is 0.413. The highest BCUT2D eigenvalue weighted by molar-refractivity contribution is 4.88. The van der Waals surface area contributed by atoms with Gasteiger partial charge >= 0.3 is 0 Å². The molecule has 1 aliphatic heterocycles. The van der Waals surface area contributed by atoms with E-state index in [0.29, 0.717) is 29.5 Å². The van der Waals surface area contributed by atoms with E-state index in [2.05, 4.69) is 41.5 Å². The first-order valence-corrected chi connectivity index (χ1v) is 5.50. The van der Waals surface area contributed by atoms with Crippen LogP contribution in [0.25, 0.3) is 0 Å². The van der Waals surface area contributed by atoms with Crippen LogP contribution in [0.15, 0.2) is 0 Å². The average Bonchev–Trinajstić information content (AvgIpc) is 1.99. The van der Waals surface area contributed by atoms with Crippen LogP contribution >= 0.6 is 0 Å². The summed E-state index contributed by atoms with van der Waals surface area (Å²) < 4.78 is 6.00. The maximum Gasteiger partial charge on any atom is 0.0607 e. The molecule has 0 aromatic rings. The molecule has 1 heterocycles. The number of rotatable bonds is 1. The van der Waals surface area contributed by atoms with Gasteiger partial charge in [0.05, 0.1) is 12.2 Å². The molecule has 0 saturated carbocycles. The van der Waals surface area contributed by atoms with Crippen LogP contribution in [0.4, 0.5) is 0 Å². The van der Waals surface area contributed by atoms with Gasteiger partial charge in [-0.3, -0.25) is 0 Å². The van der Waals surface area contributed by atoms with Crippen LogP contribution < -0.4 is 0 Å². The summed E-state index contributed by atoms with van der Waals surface area (Å²) in [5, 5.41) is 0. The van der Waals surface area contributed by atoms with Gasteiger partial charge in [0.25, 0.3) is 0 Å². The Bertz CT molecular complexity index is 172. The molecular formula is C12H24O. The van der Waals surface area contributed by atoms with Crippen LogP contribution in [0.3, 0.4) is 0 Å². The summed E-state index contributed by atoms with van der Waals surface area (Å²) >= 11 is 0. The molecule has 0 spiro atoms. The minimum atomic E-state index is 0.413. The maximum absolute atomic E-state index is 6.00. The molecule has 1 heteroatoms. The highest BCUT2D eigenvalue weighted by Gasteiger charge is 2.39. The lowest BCUT2D eigenvalue weighted by Crippen LogP contribution is -2.44. The third kappa shape index (κ3) is 2.25. The zero-order chi connectivity index (χ0) is 10.2. The van der Waals surface area contributed by atoms with Crippen molar-refractivity contribution in [3.8, 4) is 0 Å². The van der Waals surface area contributed by atoms with Crippen molar-refractivity contribution < 1.29 is 4.74 Å². The van der Waals surface area contributed by atoms with E-state index in [0.717, 1.165) is 0 Å². The van der Waals surface area contributed by atoms with Crippen molar-refractivity contribution in [1.82, 2.24) is 0 Å². The van der Waals surface area contributed by atoms with Crippen molar-refractivity contribution in [3.05, 3.63) is 0 Å². The first kappa shape index (κ1) is 11.0. The Balaban J connectivity index is 2.70. The van der Waals surface area contributed by atoms with Gasteiger partial charge in [-0.25, -0.2) is 0 Å². The highest BCUT2D eigenvalue weighted by atomic mass is 16.5. The summed E-state index contributed by atoms with van der Waals surface area (Å²) in [6, 6.07) is 0. The second-order valence-electron chi connectivity index (χ2n) is 5.61. The van der Waals surface area contributed by atoms with Crippen molar-refractivity contribution >= 4 is 0 Å². The van der Waals surface area contributed by atoms with E-state index in [1.807, 2.05) is 0 Å². The monoisotopic (exact) mass is 184 g/mol. The van der Waals surface area contributed by atoms with Crippen molar-refractivity contribution in [2.75, 3.05) is 0 Å². The first-order valence-electron chi connectivity index (χ1n) is 5.50. The van der Waals surface area contributed by atoms with Gasteiger partial charge in [-0.1, -0.05) is 34.6 Å². The molecule has 1 unspecified atom stereocenters. The molecule has 0 aromatic carbocycles. The van der Waals surface area contributed by atoms with E-state index in [9.17, 15) is 0 Å². The van der Waals surface area contributed by atoms with E-state index >= 15 is 0 Å². The van der Waals surface area contributed by atoms with Crippen molar-refractivity contribution in [2.24, 2.45) is 17.3 Å². The zero-order valence-electron chi connectivity index (χ0n) is 9.92. The lowest BCUT2D eigenvalue weighted by atomic mass is 9.70. The van der Waals surface area contributed by atoms with Gasteiger partial charge < -0.3 is 4.74 Å². The Morgan fingerprint density at radius 1 is 1.23 bits per heavy atom. The molecule has 0 radical (unpaired) electrons. The average molecular weight is 184 g/mol. The molecule has 0 aliphatic carbocycles. The summed E-state index contributed by atoms with van der Waals surface area (Å²) in [5.74, 6) is 1.32. The molecule has 0 N–H and O–H groups in total. The second-order valence-corrected chi connectivity index (χ2v) is 5.61. The summed E-state index contributed by atoms with van der Waals surface area (Å²) in [5.41, 5.74) is 0.437. The first-order chi connectivity index (χ1) is 5.84. The molecule has 1 nitrogen and oxygen atoms in total. The molecule has 3 atom stereocenters. The lowest BCUT2D eigenvalue weighted by molar-refractivity contribution is -0.138. The number of hydrogen-bond donors (Lipinski definition) is 0. The van der Waals surface area contributed by atoms with Gasteiger partial charge in [-0.15, -0.1) is 0 Å². The van der Waals surface area contributed by atoms with E-state index in [4.69, 9.17) is 4.74 Å². The van der Waals surface area contributed by atoms with Gasteiger partial charge in [0, 0.05) is 0 Å². The third-order valence-corrected chi connectivity index (χ3v) is 3.80. The highest BCUT2D eigenvalue weighted by Crippen LogP contribution is 2.42. The predicted octanol–water partition coefficient (Wildman–Crippen LogP) is 3.48. The number of ether oxygens (including phenoxy) is 1. The molecule has 0 amide bonds. The van der Waals surface area contributed by atoms with Crippen molar-refractivity contribution in [2.45, 2.75) is 60.2 Å². The lowest BCUT2D eigenvalue weighted by Gasteiger charge is -2.46. The van der Waals surface area contributed by atoms with Crippen LogP contribution in [0.2, 0.25) is 0 Å². The second kappa shape index (κ2) is 3.61. The Morgan fingerprint density at radius 3 is 2.15 bits per heavy atom. The standard InChI is InChI=1S/C12H24O/c1-8(2)11-7-12(5,6)9(3)10(4)13-11/h8-11H,7H2,1-6H3/t9?,10-,11+/m0/s1. The third-order valence-electron chi connectivity index (χ3n) is 3.80. The van der Waals surface area contributed by atoms with Crippen molar-refractivity contribution in [1.29, 1.82) is 0 Å². The molecule has 0 aromatic heterocycles. The SMILES string of the molecule is CC(C)[C@H]1CC(C)(C)C(C)[C@H](C)O1. The Labute approximate surface area is 82.9 Å². The van der Waals surface area contributed by atoms with E-state index in [-0.39, 0.29) is 0 Å². The summed E-state index contributed by atoms with van der Waals surface area (Å²) in [6.45, 7) is 13.8. The van der Waals surface area contributed by atoms with Crippen LogP contribution in [0.5, 0.6) is 0 Å². The molecular weight excluding hydrogens is 160 g/mol.